The van der Waals surface area contributed by atoms with E-state index in [1.807, 2.05) is 0 Å². The smallest absolute Gasteiger partial charge is 0.308 e. The Hall–Kier alpha value is -1.88. The average molecular weight is 235 g/mol. The molecule has 0 aliphatic carbocycles. The monoisotopic (exact) mass is 235 g/mol. The van der Waals surface area contributed by atoms with Crippen LogP contribution in [-0.2, 0) is 16.2 Å². The van der Waals surface area contributed by atoms with E-state index in [-0.39, 0.29) is 25.5 Å². The van der Waals surface area contributed by atoms with Crippen LogP contribution in [0.2, 0.25) is 0 Å². The molecule has 0 spiro atoms. The van der Waals surface area contributed by atoms with E-state index in [1.54, 1.807) is 24.3 Å². The summed E-state index contributed by atoms with van der Waals surface area (Å²) in [5.74, 6) is -1.73. The number of carboxylic acids is 1. The van der Waals surface area contributed by atoms with Crippen LogP contribution in [0.15, 0.2) is 24.3 Å². The quantitative estimate of drug-likeness (QED) is 0.805. The summed E-state index contributed by atoms with van der Waals surface area (Å²) in [5.41, 5.74) is 1.44. The molecule has 1 aliphatic rings. The second-order valence-corrected chi connectivity index (χ2v) is 4.07. The van der Waals surface area contributed by atoms with Crippen LogP contribution in [0.5, 0.6) is 0 Å². The minimum atomic E-state index is -0.937. The number of hydrogen-bond donors (Lipinski definition) is 2. The highest BCUT2D eigenvalue weighted by Gasteiger charge is 2.34. The van der Waals surface area contributed by atoms with E-state index in [9.17, 15) is 9.59 Å². The Morgan fingerprint density at radius 2 is 2.00 bits per heavy atom. The number of nitrogens with zero attached hydrogens (tertiary/aromatic N) is 1. The lowest BCUT2D eigenvalue weighted by Crippen LogP contribution is -2.25. The summed E-state index contributed by atoms with van der Waals surface area (Å²) in [6.45, 7) is 0.165. The predicted octanol–water partition coefficient (Wildman–Crippen LogP) is 0.616. The number of hydrogen-bond acceptors (Lipinski definition) is 3. The fourth-order valence-corrected chi connectivity index (χ4v) is 1.90. The standard InChI is InChI=1S/C12H13NO4/c14-7-8-1-3-10(4-2-8)13-6-9(12(16)17)5-11(13)15/h1-4,9,14H,5-7H2,(H,16,17). The fraction of sp³-hybridized carbons (Fsp3) is 0.333. The summed E-state index contributed by atoms with van der Waals surface area (Å²) in [5, 5.41) is 17.8. The van der Waals surface area contributed by atoms with Crippen molar-refractivity contribution in [3.05, 3.63) is 29.8 Å². The van der Waals surface area contributed by atoms with E-state index in [2.05, 4.69) is 0 Å². The Morgan fingerprint density at radius 1 is 1.35 bits per heavy atom. The van der Waals surface area contributed by atoms with Crippen molar-refractivity contribution >= 4 is 17.6 Å². The topological polar surface area (TPSA) is 77.8 Å². The molecule has 1 atom stereocenters. The summed E-state index contributed by atoms with van der Waals surface area (Å²) >= 11 is 0. The van der Waals surface area contributed by atoms with E-state index in [1.165, 1.54) is 4.90 Å². The molecular formula is C12H13NO4. The van der Waals surface area contributed by atoms with E-state index in [0.29, 0.717) is 5.69 Å². The molecule has 2 rings (SSSR count). The molecule has 5 heteroatoms. The lowest BCUT2D eigenvalue weighted by atomic mass is 10.1. The van der Waals surface area contributed by atoms with Crippen LogP contribution in [0.4, 0.5) is 5.69 Å². The zero-order chi connectivity index (χ0) is 12.4. The van der Waals surface area contributed by atoms with Crippen molar-refractivity contribution < 1.29 is 19.8 Å². The Labute approximate surface area is 98.3 Å². The molecule has 5 nitrogen and oxygen atoms in total. The molecular weight excluding hydrogens is 222 g/mol. The third-order valence-corrected chi connectivity index (χ3v) is 2.90. The SMILES string of the molecule is O=C(O)C1CC(=O)N(c2ccc(CO)cc2)C1. The van der Waals surface area contributed by atoms with Crippen molar-refractivity contribution in [2.75, 3.05) is 11.4 Å². The van der Waals surface area contributed by atoms with Gasteiger partial charge in [-0.3, -0.25) is 9.59 Å². The van der Waals surface area contributed by atoms with Crippen molar-refractivity contribution in [1.29, 1.82) is 0 Å². The maximum Gasteiger partial charge on any atom is 0.308 e. The number of benzene rings is 1. The maximum absolute atomic E-state index is 11.7. The Balaban J connectivity index is 2.17. The van der Waals surface area contributed by atoms with Crippen LogP contribution in [-0.4, -0.2) is 28.6 Å². The minimum Gasteiger partial charge on any atom is -0.481 e. The number of amides is 1. The lowest BCUT2D eigenvalue weighted by molar-refractivity contribution is -0.141. The van der Waals surface area contributed by atoms with Gasteiger partial charge in [0.1, 0.15) is 0 Å². The first-order valence-corrected chi connectivity index (χ1v) is 5.35. The number of aliphatic hydroxyl groups excluding tert-OH is 1. The first kappa shape index (κ1) is 11.6. The van der Waals surface area contributed by atoms with Gasteiger partial charge in [-0.2, -0.15) is 0 Å². The van der Waals surface area contributed by atoms with Gasteiger partial charge in [0.05, 0.1) is 12.5 Å². The molecule has 1 aromatic carbocycles. The van der Waals surface area contributed by atoms with Crippen molar-refractivity contribution in [2.24, 2.45) is 5.92 Å². The highest BCUT2D eigenvalue weighted by atomic mass is 16.4. The van der Waals surface area contributed by atoms with E-state index in [4.69, 9.17) is 10.2 Å². The summed E-state index contributed by atoms with van der Waals surface area (Å²) in [7, 11) is 0. The summed E-state index contributed by atoms with van der Waals surface area (Å²) in [6, 6.07) is 6.87. The Bertz CT molecular complexity index is 440. The van der Waals surface area contributed by atoms with Gasteiger partial charge in [-0.15, -0.1) is 0 Å². The van der Waals surface area contributed by atoms with Crippen LogP contribution in [0.3, 0.4) is 0 Å². The second kappa shape index (κ2) is 4.55. The van der Waals surface area contributed by atoms with Gasteiger partial charge in [0, 0.05) is 18.7 Å². The van der Waals surface area contributed by atoms with Crippen molar-refractivity contribution in [3.8, 4) is 0 Å². The summed E-state index contributed by atoms with van der Waals surface area (Å²) in [4.78, 5) is 23.9. The molecule has 1 aromatic rings. The number of anilines is 1. The molecule has 1 amide bonds. The van der Waals surface area contributed by atoms with E-state index in [0.717, 1.165) is 5.56 Å². The first-order chi connectivity index (χ1) is 8.11. The third-order valence-electron chi connectivity index (χ3n) is 2.90. The molecule has 1 fully saturated rings. The first-order valence-electron chi connectivity index (χ1n) is 5.35. The minimum absolute atomic E-state index is 0.0496. The summed E-state index contributed by atoms with van der Waals surface area (Å²) < 4.78 is 0. The van der Waals surface area contributed by atoms with Gasteiger partial charge in [0.25, 0.3) is 0 Å². The van der Waals surface area contributed by atoms with E-state index < -0.39 is 11.9 Å². The number of aliphatic hydroxyl groups is 1. The normalized spacial score (nSPS) is 19.7. The van der Waals surface area contributed by atoms with Crippen molar-refractivity contribution in [3.63, 3.8) is 0 Å². The number of rotatable bonds is 3. The number of carbonyl (C=O) groups is 2. The third kappa shape index (κ3) is 2.29. The zero-order valence-electron chi connectivity index (χ0n) is 9.17. The predicted molar refractivity (Wildman–Crippen MR) is 60.5 cm³/mol. The molecule has 0 saturated carbocycles. The molecule has 0 radical (unpaired) electrons. The molecule has 0 aromatic heterocycles. The molecule has 1 aliphatic heterocycles. The molecule has 1 heterocycles. The van der Waals surface area contributed by atoms with Gasteiger partial charge in [0.15, 0.2) is 0 Å². The number of carbonyl (C=O) groups excluding carboxylic acids is 1. The van der Waals surface area contributed by atoms with E-state index >= 15 is 0 Å². The molecule has 1 unspecified atom stereocenters. The van der Waals surface area contributed by atoms with Gasteiger partial charge in [-0.25, -0.2) is 0 Å². The highest BCUT2D eigenvalue weighted by Crippen LogP contribution is 2.25. The fourth-order valence-electron chi connectivity index (χ4n) is 1.90. The second-order valence-electron chi connectivity index (χ2n) is 4.07. The van der Waals surface area contributed by atoms with Crippen molar-refractivity contribution in [1.82, 2.24) is 0 Å². The van der Waals surface area contributed by atoms with Gasteiger partial charge < -0.3 is 15.1 Å². The largest absolute Gasteiger partial charge is 0.481 e. The van der Waals surface area contributed by atoms with Gasteiger partial charge in [-0.1, -0.05) is 12.1 Å². The Morgan fingerprint density at radius 3 is 2.47 bits per heavy atom. The van der Waals surface area contributed by atoms with Gasteiger partial charge >= 0.3 is 5.97 Å². The molecule has 2 N–H and O–H groups in total. The maximum atomic E-state index is 11.7. The number of aliphatic carboxylic acids is 1. The lowest BCUT2D eigenvalue weighted by Gasteiger charge is -2.16. The highest BCUT2D eigenvalue weighted by molar-refractivity contribution is 5.99. The summed E-state index contributed by atoms with van der Waals surface area (Å²) in [6.07, 6.45) is 0.0527. The Kier molecular flexibility index (Phi) is 3.10. The van der Waals surface area contributed by atoms with Crippen LogP contribution in [0, 0.1) is 5.92 Å². The van der Waals surface area contributed by atoms with Crippen LogP contribution >= 0.6 is 0 Å². The zero-order valence-corrected chi connectivity index (χ0v) is 9.17. The molecule has 1 saturated heterocycles. The molecule has 17 heavy (non-hydrogen) atoms. The molecule has 90 valence electrons. The van der Waals surface area contributed by atoms with Crippen LogP contribution in [0.25, 0.3) is 0 Å². The molecule has 0 bridgehead atoms. The van der Waals surface area contributed by atoms with Crippen molar-refractivity contribution in [2.45, 2.75) is 13.0 Å². The van der Waals surface area contributed by atoms with Gasteiger partial charge in [0.2, 0.25) is 5.91 Å². The van der Waals surface area contributed by atoms with Gasteiger partial charge in [-0.05, 0) is 17.7 Å². The van der Waals surface area contributed by atoms with Crippen LogP contribution < -0.4 is 4.90 Å². The average Bonchev–Trinajstić information content (AvgIpc) is 2.72. The van der Waals surface area contributed by atoms with Crippen LogP contribution in [0.1, 0.15) is 12.0 Å². The number of carboxylic acid groups (broad SMARTS) is 1.